The average Bonchev–Trinajstić information content (AvgIpc) is 2.72. The number of aliphatic hydroxyl groups excluding tert-OH is 1. The third-order valence-corrected chi connectivity index (χ3v) is 6.80. The summed E-state index contributed by atoms with van der Waals surface area (Å²) in [6, 6.07) is 5.98. The van der Waals surface area contributed by atoms with E-state index in [1.807, 2.05) is 12.1 Å². The first-order chi connectivity index (χ1) is 9.98. The molecule has 114 valence electrons. The van der Waals surface area contributed by atoms with Gasteiger partial charge in [-0.15, -0.1) is 0 Å². The Bertz CT molecular complexity index is 567. The molecule has 1 aromatic carbocycles. The normalized spacial score (nSPS) is 44.8. The number of aromatic hydroxyl groups is 1. The number of phenols is 1. The standard InChI is InChI=1S/C19H26O2/c1-11-7-12-8-13(20)3-4-15(12)16-5-6-19(2)10-14(21)9-17(19)18(11)16/h3-4,8,11,14,16-18,20-21H,5-7,9-10H2,1-2H3/t11-,14+,16-,17+,18-,19-/m1/s1. The van der Waals surface area contributed by atoms with Gasteiger partial charge in [0.15, 0.2) is 0 Å². The Morgan fingerprint density at radius 1 is 1.29 bits per heavy atom. The summed E-state index contributed by atoms with van der Waals surface area (Å²) in [7, 11) is 0. The van der Waals surface area contributed by atoms with Crippen molar-refractivity contribution in [1.82, 2.24) is 0 Å². The number of aliphatic hydroxyl groups is 1. The van der Waals surface area contributed by atoms with E-state index in [4.69, 9.17) is 0 Å². The molecule has 0 aromatic heterocycles. The van der Waals surface area contributed by atoms with Gasteiger partial charge in [-0.1, -0.05) is 19.9 Å². The van der Waals surface area contributed by atoms with Gasteiger partial charge in [0.1, 0.15) is 5.75 Å². The van der Waals surface area contributed by atoms with Crippen molar-refractivity contribution >= 4 is 0 Å². The molecule has 2 N–H and O–H groups in total. The second-order valence-electron chi connectivity index (χ2n) is 8.14. The highest BCUT2D eigenvalue weighted by Gasteiger charge is 2.54. The number of hydrogen-bond donors (Lipinski definition) is 2. The number of hydrogen-bond acceptors (Lipinski definition) is 2. The second kappa shape index (κ2) is 4.49. The van der Waals surface area contributed by atoms with Crippen molar-refractivity contribution in [3.63, 3.8) is 0 Å². The van der Waals surface area contributed by atoms with Crippen LogP contribution in [0.5, 0.6) is 5.75 Å². The van der Waals surface area contributed by atoms with E-state index in [0.717, 1.165) is 19.3 Å². The Labute approximate surface area is 127 Å². The van der Waals surface area contributed by atoms with Gasteiger partial charge in [0, 0.05) is 0 Å². The molecule has 6 atom stereocenters. The summed E-state index contributed by atoms with van der Waals surface area (Å²) in [5.74, 6) is 3.06. The molecule has 2 nitrogen and oxygen atoms in total. The fourth-order valence-corrected chi connectivity index (χ4v) is 5.99. The smallest absolute Gasteiger partial charge is 0.115 e. The molecule has 2 heteroatoms. The molecule has 0 saturated heterocycles. The first-order valence-corrected chi connectivity index (χ1v) is 8.48. The number of rotatable bonds is 0. The van der Waals surface area contributed by atoms with Gasteiger partial charge in [-0.25, -0.2) is 0 Å². The van der Waals surface area contributed by atoms with E-state index in [1.165, 1.54) is 24.0 Å². The maximum absolute atomic E-state index is 10.2. The average molecular weight is 286 g/mol. The van der Waals surface area contributed by atoms with Gasteiger partial charge in [-0.2, -0.15) is 0 Å². The summed E-state index contributed by atoms with van der Waals surface area (Å²) in [6.45, 7) is 4.78. The van der Waals surface area contributed by atoms with E-state index in [2.05, 4.69) is 19.9 Å². The van der Waals surface area contributed by atoms with E-state index in [0.29, 0.717) is 34.8 Å². The monoisotopic (exact) mass is 286 g/mol. The summed E-state index contributed by atoms with van der Waals surface area (Å²) in [4.78, 5) is 0. The minimum atomic E-state index is -0.0906. The fraction of sp³-hybridized carbons (Fsp3) is 0.684. The molecule has 3 aliphatic rings. The molecule has 0 radical (unpaired) electrons. The Hall–Kier alpha value is -1.02. The third-order valence-electron chi connectivity index (χ3n) is 6.80. The van der Waals surface area contributed by atoms with Gasteiger partial charge in [-0.3, -0.25) is 0 Å². The van der Waals surface area contributed by atoms with Crippen molar-refractivity contribution in [2.24, 2.45) is 23.2 Å². The van der Waals surface area contributed by atoms with Crippen molar-refractivity contribution in [2.75, 3.05) is 0 Å². The van der Waals surface area contributed by atoms with Crippen LogP contribution in [0.15, 0.2) is 18.2 Å². The van der Waals surface area contributed by atoms with Gasteiger partial charge >= 0.3 is 0 Å². The zero-order valence-electron chi connectivity index (χ0n) is 13.0. The topological polar surface area (TPSA) is 40.5 Å². The van der Waals surface area contributed by atoms with Crippen LogP contribution in [-0.2, 0) is 6.42 Å². The highest BCUT2D eigenvalue weighted by Crippen LogP contribution is 2.62. The molecule has 4 rings (SSSR count). The van der Waals surface area contributed by atoms with Crippen molar-refractivity contribution in [3.05, 3.63) is 29.3 Å². The highest BCUT2D eigenvalue weighted by molar-refractivity contribution is 5.40. The molecule has 0 heterocycles. The number of fused-ring (bicyclic) bond motifs is 5. The van der Waals surface area contributed by atoms with Crippen molar-refractivity contribution in [2.45, 2.75) is 58.0 Å². The summed E-state index contributed by atoms with van der Waals surface area (Å²) in [6.07, 6.45) is 5.46. The van der Waals surface area contributed by atoms with E-state index in [9.17, 15) is 10.2 Å². The van der Waals surface area contributed by atoms with Crippen LogP contribution >= 0.6 is 0 Å². The van der Waals surface area contributed by atoms with E-state index >= 15 is 0 Å². The maximum atomic E-state index is 10.2. The molecule has 0 bridgehead atoms. The van der Waals surface area contributed by atoms with Crippen LogP contribution in [-0.4, -0.2) is 16.3 Å². The first-order valence-electron chi connectivity index (χ1n) is 8.48. The zero-order valence-corrected chi connectivity index (χ0v) is 13.0. The predicted octanol–water partition coefficient (Wildman–Crippen LogP) is 3.86. The fourth-order valence-electron chi connectivity index (χ4n) is 5.99. The molecular weight excluding hydrogens is 260 g/mol. The summed E-state index contributed by atoms with van der Waals surface area (Å²) < 4.78 is 0. The van der Waals surface area contributed by atoms with Crippen LogP contribution in [0.4, 0.5) is 0 Å². The van der Waals surface area contributed by atoms with Gasteiger partial charge in [0.2, 0.25) is 0 Å². The van der Waals surface area contributed by atoms with Crippen molar-refractivity contribution in [3.8, 4) is 5.75 Å². The van der Waals surface area contributed by atoms with Gasteiger partial charge < -0.3 is 10.2 Å². The van der Waals surface area contributed by atoms with E-state index < -0.39 is 0 Å². The maximum Gasteiger partial charge on any atom is 0.115 e. The van der Waals surface area contributed by atoms with E-state index in [-0.39, 0.29) is 6.10 Å². The lowest BCUT2D eigenvalue weighted by molar-refractivity contribution is 0.0313. The molecule has 2 fully saturated rings. The van der Waals surface area contributed by atoms with Crippen LogP contribution in [0.1, 0.15) is 56.6 Å². The first kappa shape index (κ1) is 13.6. The minimum absolute atomic E-state index is 0.0906. The second-order valence-corrected chi connectivity index (χ2v) is 8.14. The molecule has 2 saturated carbocycles. The molecule has 3 aliphatic carbocycles. The van der Waals surface area contributed by atoms with Gasteiger partial charge in [0.25, 0.3) is 0 Å². The van der Waals surface area contributed by atoms with Crippen LogP contribution in [0.25, 0.3) is 0 Å². The molecule has 0 aliphatic heterocycles. The van der Waals surface area contributed by atoms with Crippen molar-refractivity contribution < 1.29 is 10.2 Å². The molecule has 0 unspecified atom stereocenters. The molecule has 1 aromatic rings. The molecule has 21 heavy (non-hydrogen) atoms. The largest absolute Gasteiger partial charge is 0.508 e. The Balaban J connectivity index is 1.75. The van der Waals surface area contributed by atoms with Crippen LogP contribution in [0, 0.1) is 23.2 Å². The van der Waals surface area contributed by atoms with E-state index in [1.54, 1.807) is 0 Å². The minimum Gasteiger partial charge on any atom is -0.508 e. The Kier molecular flexibility index (Phi) is 2.91. The lowest BCUT2D eigenvalue weighted by atomic mass is 9.53. The predicted molar refractivity (Wildman–Crippen MR) is 83.3 cm³/mol. The lowest BCUT2D eigenvalue weighted by Gasteiger charge is -2.51. The third kappa shape index (κ3) is 1.95. The number of phenolic OH excluding ortho intramolecular Hbond substituents is 1. The quantitative estimate of drug-likeness (QED) is 0.760. The Morgan fingerprint density at radius 2 is 2.10 bits per heavy atom. The van der Waals surface area contributed by atoms with Gasteiger partial charge in [-0.05, 0) is 84.5 Å². The number of benzene rings is 1. The van der Waals surface area contributed by atoms with Crippen LogP contribution < -0.4 is 0 Å². The molecule has 0 spiro atoms. The van der Waals surface area contributed by atoms with Crippen molar-refractivity contribution in [1.29, 1.82) is 0 Å². The van der Waals surface area contributed by atoms with Gasteiger partial charge in [0.05, 0.1) is 6.10 Å². The molecule has 0 amide bonds. The Morgan fingerprint density at radius 3 is 2.90 bits per heavy atom. The summed E-state index contributed by atoms with van der Waals surface area (Å²) in [5, 5.41) is 20.0. The molecular formula is C19H26O2. The van der Waals surface area contributed by atoms with Crippen LogP contribution in [0.3, 0.4) is 0 Å². The van der Waals surface area contributed by atoms with Crippen LogP contribution in [0.2, 0.25) is 0 Å². The summed E-state index contributed by atoms with van der Waals surface area (Å²) in [5.41, 5.74) is 3.17. The lowest BCUT2D eigenvalue weighted by Crippen LogP contribution is -2.43. The highest BCUT2D eigenvalue weighted by atomic mass is 16.3. The summed E-state index contributed by atoms with van der Waals surface area (Å²) >= 11 is 0. The zero-order chi connectivity index (χ0) is 14.8. The SMILES string of the molecule is C[C@@H]1Cc2cc(O)ccc2[C@H]2CC[C@]3(C)C[C@@H](O)C[C@H]3[C@H]12.